The molecule has 0 atom stereocenters. The van der Waals surface area contributed by atoms with Gasteiger partial charge in [0.15, 0.2) is 0 Å². The molecule has 1 fully saturated rings. The number of benzene rings is 2. The second-order valence-electron chi connectivity index (χ2n) is 6.82. The van der Waals surface area contributed by atoms with Crippen LogP contribution in [0.1, 0.15) is 23.3 Å². The minimum Gasteiger partial charge on any atom is -0.497 e. The highest BCUT2D eigenvalue weighted by atomic mass is 16.5. The zero-order valence-corrected chi connectivity index (χ0v) is 16.3. The lowest BCUT2D eigenvalue weighted by molar-refractivity contribution is 0.102. The van der Waals surface area contributed by atoms with Crippen LogP contribution in [-0.2, 0) is 0 Å². The van der Waals surface area contributed by atoms with Crippen LogP contribution in [0.25, 0.3) is 0 Å². The van der Waals surface area contributed by atoms with Crippen LogP contribution in [0.3, 0.4) is 0 Å². The molecular formula is C22H23N5O2. The van der Waals surface area contributed by atoms with Crippen molar-refractivity contribution in [3.8, 4) is 5.75 Å². The molecule has 2 N–H and O–H groups in total. The quantitative estimate of drug-likeness (QED) is 0.661. The van der Waals surface area contributed by atoms with Crippen LogP contribution in [-0.4, -0.2) is 36.1 Å². The highest BCUT2D eigenvalue weighted by molar-refractivity contribution is 6.03. The molecule has 7 nitrogen and oxygen atoms in total. The molecule has 1 aromatic heterocycles. The Bertz CT molecular complexity index is 985. The average molecular weight is 389 g/mol. The van der Waals surface area contributed by atoms with Gasteiger partial charge in [-0.05, 0) is 55.3 Å². The van der Waals surface area contributed by atoms with Gasteiger partial charge < -0.3 is 20.3 Å². The van der Waals surface area contributed by atoms with Gasteiger partial charge in [-0.2, -0.15) is 0 Å². The molecule has 0 radical (unpaired) electrons. The number of amides is 1. The van der Waals surface area contributed by atoms with E-state index in [1.165, 1.54) is 18.5 Å². The van der Waals surface area contributed by atoms with E-state index in [1.54, 1.807) is 31.5 Å². The van der Waals surface area contributed by atoms with E-state index >= 15 is 0 Å². The lowest BCUT2D eigenvalue weighted by Gasteiger charge is -2.17. The van der Waals surface area contributed by atoms with Crippen molar-refractivity contribution < 1.29 is 9.53 Å². The Morgan fingerprint density at radius 1 is 1.03 bits per heavy atom. The van der Waals surface area contributed by atoms with E-state index < -0.39 is 0 Å². The Morgan fingerprint density at radius 3 is 2.59 bits per heavy atom. The summed E-state index contributed by atoms with van der Waals surface area (Å²) >= 11 is 0. The summed E-state index contributed by atoms with van der Waals surface area (Å²) in [5.41, 5.74) is 3.01. The minimum atomic E-state index is -0.312. The van der Waals surface area contributed by atoms with Crippen molar-refractivity contribution in [1.29, 1.82) is 0 Å². The van der Waals surface area contributed by atoms with E-state index in [0.29, 0.717) is 17.4 Å². The number of hydrogen-bond donors (Lipinski definition) is 2. The number of methoxy groups -OCH3 is 1. The van der Waals surface area contributed by atoms with Gasteiger partial charge in [-0.25, -0.2) is 9.97 Å². The van der Waals surface area contributed by atoms with Crippen LogP contribution < -0.4 is 20.3 Å². The van der Waals surface area contributed by atoms with E-state index in [4.69, 9.17) is 4.74 Å². The van der Waals surface area contributed by atoms with Gasteiger partial charge in [0.25, 0.3) is 5.91 Å². The summed E-state index contributed by atoms with van der Waals surface area (Å²) in [6, 6.07) is 16.9. The summed E-state index contributed by atoms with van der Waals surface area (Å²) < 4.78 is 5.18. The molecule has 4 rings (SSSR count). The zero-order valence-electron chi connectivity index (χ0n) is 16.3. The number of nitrogens with zero attached hydrogens (tertiary/aromatic N) is 3. The van der Waals surface area contributed by atoms with Gasteiger partial charge in [0, 0.05) is 42.4 Å². The molecule has 0 saturated carbocycles. The minimum absolute atomic E-state index is 0.277. The van der Waals surface area contributed by atoms with Crippen molar-refractivity contribution in [3.63, 3.8) is 0 Å². The lowest BCUT2D eigenvalue weighted by Crippen LogP contribution is -2.17. The largest absolute Gasteiger partial charge is 0.497 e. The van der Waals surface area contributed by atoms with Gasteiger partial charge in [0.05, 0.1) is 7.11 Å². The van der Waals surface area contributed by atoms with Crippen LogP contribution >= 0.6 is 0 Å². The van der Waals surface area contributed by atoms with Gasteiger partial charge in [-0.3, -0.25) is 4.79 Å². The van der Waals surface area contributed by atoms with E-state index in [0.717, 1.165) is 18.8 Å². The number of hydrogen-bond acceptors (Lipinski definition) is 6. The van der Waals surface area contributed by atoms with Crippen LogP contribution in [0.2, 0.25) is 0 Å². The summed E-state index contributed by atoms with van der Waals surface area (Å²) in [5, 5.41) is 5.98. The third kappa shape index (κ3) is 4.63. The fraction of sp³-hybridized carbons (Fsp3) is 0.227. The number of anilines is 4. The monoisotopic (exact) mass is 389 g/mol. The maximum Gasteiger partial charge on any atom is 0.274 e. The number of aromatic nitrogens is 2. The van der Waals surface area contributed by atoms with Crippen molar-refractivity contribution in [2.45, 2.75) is 12.8 Å². The molecule has 3 aromatic rings. The molecule has 1 aliphatic heterocycles. The molecule has 1 saturated heterocycles. The van der Waals surface area contributed by atoms with Gasteiger partial charge in [0.1, 0.15) is 11.4 Å². The molecule has 2 heterocycles. The van der Waals surface area contributed by atoms with Crippen LogP contribution in [0.15, 0.2) is 60.8 Å². The van der Waals surface area contributed by atoms with Crippen molar-refractivity contribution in [3.05, 3.63) is 66.5 Å². The van der Waals surface area contributed by atoms with Gasteiger partial charge >= 0.3 is 0 Å². The van der Waals surface area contributed by atoms with Crippen LogP contribution in [0, 0.1) is 0 Å². The summed E-state index contributed by atoms with van der Waals surface area (Å²) in [5.74, 6) is 0.732. The average Bonchev–Trinajstić information content (AvgIpc) is 3.29. The fourth-order valence-electron chi connectivity index (χ4n) is 3.30. The van der Waals surface area contributed by atoms with E-state index in [2.05, 4.69) is 37.6 Å². The molecule has 1 aliphatic rings. The van der Waals surface area contributed by atoms with E-state index in [-0.39, 0.29) is 11.6 Å². The predicted molar refractivity (Wildman–Crippen MR) is 114 cm³/mol. The highest BCUT2D eigenvalue weighted by Crippen LogP contribution is 2.23. The Kier molecular flexibility index (Phi) is 5.56. The first-order valence-corrected chi connectivity index (χ1v) is 9.62. The molecule has 0 bridgehead atoms. The van der Waals surface area contributed by atoms with Gasteiger partial charge in [-0.1, -0.05) is 6.07 Å². The number of nitrogens with one attached hydrogen (secondary N) is 2. The maximum absolute atomic E-state index is 12.5. The van der Waals surface area contributed by atoms with Crippen LogP contribution in [0.5, 0.6) is 5.75 Å². The number of carbonyl (C=O) groups is 1. The number of carbonyl (C=O) groups excluding carboxylic acids is 1. The van der Waals surface area contributed by atoms with Crippen LogP contribution in [0.4, 0.5) is 23.0 Å². The Labute approximate surface area is 169 Å². The molecule has 1 amide bonds. The summed E-state index contributed by atoms with van der Waals surface area (Å²) in [7, 11) is 1.58. The topological polar surface area (TPSA) is 79.4 Å². The molecule has 2 aromatic carbocycles. The Balaban J connectivity index is 1.43. The molecule has 0 spiro atoms. The first kappa shape index (κ1) is 18.7. The summed E-state index contributed by atoms with van der Waals surface area (Å²) in [6.45, 7) is 2.22. The summed E-state index contributed by atoms with van der Waals surface area (Å²) in [6.07, 6.45) is 4.06. The smallest absolute Gasteiger partial charge is 0.274 e. The second-order valence-corrected chi connectivity index (χ2v) is 6.82. The first-order chi connectivity index (χ1) is 14.2. The lowest BCUT2D eigenvalue weighted by atomic mass is 10.2. The van der Waals surface area contributed by atoms with Crippen molar-refractivity contribution >= 4 is 28.9 Å². The van der Waals surface area contributed by atoms with E-state index in [9.17, 15) is 4.79 Å². The molecule has 7 heteroatoms. The second kappa shape index (κ2) is 8.60. The molecule has 148 valence electrons. The SMILES string of the molecule is COc1cccc(NC(=O)c2ccnc(Nc3ccc(N4CCCC4)cc3)n2)c1. The van der Waals surface area contributed by atoms with Crippen molar-refractivity contribution in [2.24, 2.45) is 0 Å². The standard InChI is InChI=1S/C22H23N5O2/c1-29-19-6-4-5-17(15-19)24-21(28)20-11-12-23-22(26-20)25-16-7-9-18(10-8-16)27-13-2-3-14-27/h4-12,15H,2-3,13-14H2,1H3,(H,24,28)(H,23,25,26). The zero-order chi connectivity index (χ0) is 20.1. The first-order valence-electron chi connectivity index (χ1n) is 9.62. The predicted octanol–water partition coefficient (Wildman–Crippen LogP) is 4.08. The third-order valence-electron chi connectivity index (χ3n) is 4.81. The van der Waals surface area contributed by atoms with Gasteiger partial charge in [-0.15, -0.1) is 0 Å². The summed E-state index contributed by atoms with van der Waals surface area (Å²) in [4.78, 5) is 23.5. The van der Waals surface area contributed by atoms with E-state index in [1.807, 2.05) is 24.3 Å². The normalized spacial score (nSPS) is 13.2. The van der Waals surface area contributed by atoms with Crippen molar-refractivity contribution in [1.82, 2.24) is 9.97 Å². The number of ether oxygens (including phenoxy) is 1. The maximum atomic E-state index is 12.5. The Morgan fingerprint density at radius 2 is 1.83 bits per heavy atom. The molecule has 29 heavy (non-hydrogen) atoms. The van der Waals surface area contributed by atoms with Crippen molar-refractivity contribution in [2.75, 3.05) is 35.7 Å². The highest BCUT2D eigenvalue weighted by Gasteiger charge is 2.13. The molecule has 0 aliphatic carbocycles. The molecular weight excluding hydrogens is 366 g/mol. The number of rotatable bonds is 6. The van der Waals surface area contributed by atoms with Gasteiger partial charge in [0.2, 0.25) is 5.95 Å². The third-order valence-corrected chi connectivity index (χ3v) is 4.81. The fourth-order valence-corrected chi connectivity index (χ4v) is 3.30. The Hall–Kier alpha value is -3.61. The molecule has 0 unspecified atom stereocenters.